The van der Waals surface area contributed by atoms with Gasteiger partial charge in [-0.15, -0.1) is 0 Å². The fourth-order valence-corrected chi connectivity index (χ4v) is 4.35. The minimum absolute atomic E-state index is 0.0741. The van der Waals surface area contributed by atoms with Gasteiger partial charge >= 0.3 is 12.1 Å². The van der Waals surface area contributed by atoms with E-state index in [1.165, 1.54) is 0 Å². The average Bonchev–Trinajstić information content (AvgIpc) is 3.32. The van der Waals surface area contributed by atoms with Gasteiger partial charge in [0.25, 0.3) is 5.91 Å². The van der Waals surface area contributed by atoms with Crippen molar-refractivity contribution in [3.05, 3.63) is 48.0 Å². The van der Waals surface area contributed by atoms with Crippen molar-refractivity contribution in [1.82, 2.24) is 4.90 Å². The summed E-state index contributed by atoms with van der Waals surface area (Å²) in [5.74, 6) is -2.81. The summed E-state index contributed by atoms with van der Waals surface area (Å²) in [5.41, 5.74) is 0.647. The molecule has 3 atom stereocenters. The quantitative estimate of drug-likeness (QED) is 0.166. The monoisotopic (exact) mass is 545 g/mol. The van der Waals surface area contributed by atoms with Crippen LogP contribution in [0.15, 0.2) is 42.5 Å². The standard InChI is InChI=1S/C29H39NO9/c1-21(32)39-26(25(34)18-17-23(33)16-12-7-5-3-4-6-8-13-19-31)27(37-2)28(35)30-24(20-38-29(30)36)22-14-10-9-11-15-22/h9-11,14-15,17-18,24,26-27,31H,3-8,12-13,16,19-20H2,1-2H3/t24-,26-,27+/m1/s1. The zero-order valence-electron chi connectivity index (χ0n) is 22.7. The van der Waals surface area contributed by atoms with Crippen molar-refractivity contribution < 1.29 is 43.3 Å². The van der Waals surface area contributed by atoms with Gasteiger partial charge in [0.15, 0.2) is 23.8 Å². The van der Waals surface area contributed by atoms with E-state index < -0.39 is 42.0 Å². The molecular weight excluding hydrogens is 506 g/mol. The molecule has 1 saturated heterocycles. The van der Waals surface area contributed by atoms with Crippen LogP contribution in [0.1, 0.15) is 76.3 Å². The van der Waals surface area contributed by atoms with E-state index in [1.54, 1.807) is 30.3 Å². The summed E-state index contributed by atoms with van der Waals surface area (Å²) in [7, 11) is 1.16. The van der Waals surface area contributed by atoms with Crippen molar-refractivity contribution in [3.8, 4) is 0 Å². The molecule has 39 heavy (non-hydrogen) atoms. The number of esters is 1. The summed E-state index contributed by atoms with van der Waals surface area (Å²) >= 11 is 0. The number of rotatable bonds is 18. The smallest absolute Gasteiger partial charge is 0.417 e. The maximum atomic E-state index is 13.4. The molecule has 10 heteroatoms. The van der Waals surface area contributed by atoms with Crippen LogP contribution in [0.2, 0.25) is 0 Å². The number of methoxy groups -OCH3 is 1. The fourth-order valence-electron chi connectivity index (χ4n) is 4.35. The highest BCUT2D eigenvalue weighted by Gasteiger charge is 2.46. The maximum Gasteiger partial charge on any atom is 0.417 e. The molecule has 0 aromatic heterocycles. The molecule has 2 rings (SSSR count). The van der Waals surface area contributed by atoms with Crippen molar-refractivity contribution >= 4 is 29.5 Å². The summed E-state index contributed by atoms with van der Waals surface area (Å²) in [6.07, 6.45) is 5.80. The van der Waals surface area contributed by atoms with Crippen molar-refractivity contribution in [2.24, 2.45) is 0 Å². The van der Waals surface area contributed by atoms with Gasteiger partial charge in [-0.3, -0.25) is 19.2 Å². The molecule has 10 nitrogen and oxygen atoms in total. The molecular formula is C29H39NO9. The van der Waals surface area contributed by atoms with Crippen molar-refractivity contribution in [3.63, 3.8) is 0 Å². The molecule has 0 spiro atoms. The number of ketones is 2. The first-order valence-corrected chi connectivity index (χ1v) is 13.4. The predicted octanol–water partition coefficient (Wildman–Crippen LogP) is 3.85. The van der Waals surface area contributed by atoms with E-state index in [0.29, 0.717) is 12.0 Å². The number of aliphatic hydroxyl groups excluding tert-OH is 1. The molecule has 1 N–H and O–H groups in total. The zero-order valence-corrected chi connectivity index (χ0v) is 22.7. The summed E-state index contributed by atoms with van der Waals surface area (Å²) in [6, 6.07) is 8.02. The molecule has 0 saturated carbocycles. The van der Waals surface area contributed by atoms with Gasteiger partial charge in [-0.25, -0.2) is 9.69 Å². The van der Waals surface area contributed by atoms with Gasteiger partial charge in [0.2, 0.25) is 0 Å². The Morgan fingerprint density at radius 2 is 1.59 bits per heavy atom. The molecule has 0 radical (unpaired) electrons. The van der Waals surface area contributed by atoms with Crippen LogP contribution in [0, 0.1) is 0 Å². The maximum absolute atomic E-state index is 13.4. The molecule has 1 aliphatic heterocycles. The Bertz CT molecular complexity index is 992. The first-order chi connectivity index (χ1) is 18.8. The van der Waals surface area contributed by atoms with Gasteiger partial charge in [0, 0.05) is 27.1 Å². The third-order valence-electron chi connectivity index (χ3n) is 6.41. The molecule has 1 aromatic carbocycles. The molecule has 1 fully saturated rings. The second kappa shape index (κ2) is 17.3. The van der Waals surface area contributed by atoms with E-state index in [2.05, 4.69) is 0 Å². The third-order valence-corrected chi connectivity index (χ3v) is 6.41. The van der Waals surface area contributed by atoms with Crippen molar-refractivity contribution in [1.29, 1.82) is 0 Å². The summed E-state index contributed by atoms with van der Waals surface area (Å²) in [6.45, 7) is 1.23. The molecule has 2 amide bonds. The highest BCUT2D eigenvalue weighted by Crippen LogP contribution is 2.29. The van der Waals surface area contributed by atoms with Gasteiger partial charge in [0.1, 0.15) is 12.6 Å². The van der Waals surface area contributed by atoms with Crippen LogP contribution in [0.3, 0.4) is 0 Å². The number of benzene rings is 1. The zero-order chi connectivity index (χ0) is 28.6. The van der Waals surface area contributed by atoms with Gasteiger partial charge < -0.3 is 19.3 Å². The molecule has 0 aliphatic carbocycles. The Kier molecular flexibility index (Phi) is 14.1. The number of hydrogen-bond acceptors (Lipinski definition) is 9. The molecule has 0 bridgehead atoms. The molecule has 1 aliphatic rings. The first-order valence-electron chi connectivity index (χ1n) is 13.4. The Morgan fingerprint density at radius 1 is 0.974 bits per heavy atom. The lowest BCUT2D eigenvalue weighted by molar-refractivity contribution is -0.166. The number of nitrogens with zero attached hydrogens (tertiary/aromatic N) is 1. The average molecular weight is 546 g/mol. The highest BCUT2D eigenvalue weighted by molar-refractivity contribution is 6.05. The number of carbonyl (C=O) groups excluding carboxylic acids is 5. The highest BCUT2D eigenvalue weighted by atomic mass is 16.6. The Balaban J connectivity index is 1.98. The molecule has 0 unspecified atom stereocenters. The second-order valence-electron chi connectivity index (χ2n) is 9.40. The van der Waals surface area contributed by atoms with Gasteiger partial charge in [-0.05, 0) is 30.6 Å². The molecule has 1 aromatic rings. The summed E-state index contributed by atoms with van der Waals surface area (Å²) in [5, 5.41) is 8.78. The number of aliphatic hydroxyl groups is 1. The second-order valence-corrected chi connectivity index (χ2v) is 9.40. The van der Waals surface area contributed by atoms with E-state index in [9.17, 15) is 24.0 Å². The van der Waals surface area contributed by atoms with Crippen LogP contribution >= 0.6 is 0 Å². The topological polar surface area (TPSA) is 137 Å². The molecule has 214 valence electrons. The number of ether oxygens (including phenoxy) is 3. The normalized spacial score (nSPS) is 16.6. The molecule has 1 heterocycles. The van der Waals surface area contributed by atoms with E-state index in [0.717, 1.165) is 76.0 Å². The van der Waals surface area contributed by atoms with E-state index in [4.69, 9.17) is 19.3 Å². The number of carbonyl (C=O) groups is 5. The van der Waals surface area contributed by atoms with Crippen LogP contribution in [0.4, 0.5) is 4.79 Å². The van der Waals surface area contributed by atoms with E-state index in [-0.39, 0.29) is 25.4 Å². The number of allylic oxidation sites excluding steroid dienone is 1. The number of cyclic esters (lactones) is 1. The minimum atomic E-state index is -1.69. The summed E-state index contributed by atoms with van der Waals surface area (Å²) in [4.78, 5) is 63.7. The number of unbranched alkanes of at least 4 members (excludes halogenated alkanes) is 7. The lowest BCUT2D eigenvalue weighted by Gasteiger charge is -2.27. The van der Waals surface area contributed by atoms with Crippen molar-refractivity contribution in [2.75, 3.05) is 20.3 Å². The lowest BCUT2D eigenvalue weighted by Crippen LogP contribution is -2.51. The third kappa shape index (κ3) is 10.4. The van der Waals surface area contributed by atoms with Crippen molar-refractivity contribution in [2.45, 2.75) is 83.0 Å². The SMILES string of the molecule is CO[C@H](C(=O)N1C(=O)OC[C@@H]1c1ccccc1)[C@H](OC(C)=O)C(=O)C=CC(=O)CCCCCCCCCCO. The van der Waals surface area contributed by atoms with E-state index in [1.807, 2.05) is 0 Å². The van der Waals surface area contributed by atoms with Gasteiger partial charge in [0.05, 0.1) is 0 Å². The Hall–Kier alpha value is -3.37. The van der Waals surface area contributed by atoms with Crippen LogP contribution < -0.4 is 0 Å². The predicted molar refractivity (Wildman–Crippen MR) is 142 cm³/mol. The van der Waals surface area contributed by atoms with Crippen LogP contribution in [-0.4, -0.2) is 72.1 Å². The fraction of sp³-hybridized carbons (Fsp3) is 0.552. The van der Waals surface area contributed by atoms with Crippen LogP contribution in [0.5, 0.6) is 0 Å². The lowest BCUT2D eigenvalue weighted by atomic mass is 10.0. The number of amides is 2. The number of hydrogen-bond donors (Lipinski definition) is 1. The first kappa shape index (κ1) is 31.8. The van der Waals surface area contributed by atoms with E-state index >= 15 is 0 Å². The Morgan fingerprint density at radius 3 is 2.18 bits per heavy atom. The minimum Gasteiger partial charge on any atom is -0.451 e. The van der Waals surface area contributed by atoms with Gasteiger partial charge in [-0.2, -0.15) is 0 Å². The Labute approximate surface area is 229 Å². The summed E-state index contributed by atoms with van der Waals surface area (Å²) < 4.78 is 15.5. The largest absolute Gasteiger partial charge is 0.451 e. The van der Waals surface area contributed by atoms with Gasteiger partial charge in [-0.1, -0.05) is 68.9 Å². The number of imide groups is 1. The van der Waals surface area contributed by atoms with Crippen LogP contribution in [-0.2, 0) is 33.4 Å². The van der Waals surface area contributed by atoms with Crippen LogP contribution in [0.25, 0.3) is 0 Å².